The molecule has 0 radical (unpaired) electrons. The molecule has 0 spiro atoms. The zero-order valence-corrected chi connectivity index (χ0v) is 12.6. The average Bonchev–Trinajstić information content (AvgIpc) is 2.77. The molecule has 0 fully saturated rings. The number of nitrogen functional groups attached to an aromatic ring is 1. The quantitative estimate of drug-likeness (QED) is 0.866. The summed E-state index contributed by atoms with van der Waals surface area (Å²) in [5.41, 5.74) is 7.40. The first-order valence-corrected chi connectivity index (χ1v) is 7.13. The molecule has 6 heteroatoms. The van der Waals surface area contributed by atoms with Crippen LogP contribution in [0, 0.1) is 5.82 Å². The monoisotopic (exact) mass is 313 g/mol. The van der Waals surface area contributed by atoms with Crippen molar-refractivity contribution >= 4 is 34.6 Å². The van der Waals surface area contributed by atoms with E-state index >= 15 is 0 Å². The minimum atomic E-state index is -0.518. The van der Waals surface area contributed by atoms with Gasteiger partial charge < -0.3 is 10.5 Å². The molecule has 0 amide bonds. The van der Waals surface area contributed by atoms with Gasteiger partial charge in [0.05, 0.1) is 12.8 Å². The van der Waals surface area contributed by atoms with Gasteiger partial charge in [-0.3, -0.25) is 0 Å². The van der Waals surface area contributed by atoms with Crippen molar-refractivity contribution in [2.75, 3.05) is 12.8 Å². The van der Waals surface area contributed by atoms with Crippen LogP contribution in [-0.2, 0) is 11.2 Å². The fraction of sp³-hybridized carbons (Fsp3) is 0.214. The molecule has 3 nitrogen and oxygen atoms in total. The van der Waals surface area contributed by atoms with E-state index in [9.17, 15) is 9.18 Å². The molecule has 0 atom stereocenters. The Balaban J connectivity index is 2.68. The van der Waals surface area contributed by atoms with Gasteiger partial charge in [0.25, 0.3) is 0 Å². The van der Waals surface area contributed by atoms with Crippen molar-refractivity contribution in [3.8, 4) is 10.4 Å². The highest BCUT2D eigenvalue weighted by molar-refractivity contribution is 7.18. The molecule has 0 saturated heterocycles. The number of carbonyl (C=O) groups is 1. The van der Waals surface area contributed by atoms with Gasteiger partial charge in [0.1, 0.15) is 10.7 Å². The summed E-state index contributed by atoms with van der Waals surface area (Å²) in [6.45, 7) is 1.89. The van der Waals surface area contributed by atoms with Crippen LogP contribution in [0.1, 0.15) is 22.2 Å². The molecule has 1 heterocycles. The highest BCUT2D eigenvalue weighted by Gasteiger charge is 2.23. The summed E-state index contributed by atoms with van der Waals surface area (Å²) >= 11 is 7.03. The molecule has 0 unspecified atom stereocenters. The molecule has 0 bridgehead atoms. The van der Waals surface area contributed by atoms with E-state index in [1.165, 1.54) is 25.3 Å². The highest BCUT2D eigenvalue weighted by Crippen LogP contribution is 2.41. The average molecular weight is 314 g/mol. The Hall–Kier alpha value is -1.59. The summed E-state index contributed by atoms with van der Waals surface area (Å²) in [5.74, 6) is -0.919. The van der Waals surface area contributed by atoms with Crippen LogP contribution in [0.15, 0.2) is 18.2 Å². The van der Waals surface area contributed by atoms with Gasteiger partial charge in [-0.25, -0.2) is 9.18 Å². The first-order chi connectivity index (χ1) is 9.49. The summed E-state index contributed by atoms with van der Waals surface area (Å²) in [7, 11) is 1.28. The number of methoxy groups -OCH3 is 1. The Morgan fingerprint density at radius 3 is 2.80 bits per heavy atom. The van der Waals surface area contributed by atoms with Gasteiger partial charge >= 0.3 is 5.97 Å². The summed E-state index contributed by atoms with van der Waals surface area (Å²) in [4.78, 5) is 12.6. The molecular formula is C14H13ClFNO2S. The number of anilines is 1. The van der Waals surface area contributed by atoms with Crippen LogP contribution in [0.3, 0.4) is 0 Å². The maximum absolute atomic E-state index is 14.0. The van der Waals surface area contributed by atoms with Crippen molar-refractivity contribution in [3.05, 3.63) is 39.5 Å². The Bertz CT molecular complexity index is 669. The van der Waals surface area contributed by atoms with Crippen LogP contribution in [0.5, 0.6) is 0 Å². The number of carbonyl (C=O) groups excluding carboxylic acids is 1. The number of ether oxygens (including phenoxy) is 1. The summed E-state index contributed by atoms with van der Waals surface area (Å²) < 4.78 is 18.7. The zero-order valence-electron chi connectivity index (χ0n) is 11.0. The van der Waals surface area contributed by atoms with Gasteiger partial charge in [-0.15, -0.1) is 11.3 Å². The first kappa shape index (κ1) is 14.8. The second-order valence-corrected chi connectivity index (χ2v) is 5.58. The lowest BCUT2D eigenvalue weighted by Gasteiger charge is -2.04. The Labute approximate surface area is 125 Å². The molecule has 1 aromatic carbocycles. The van der Waals surface area contributed by atoms with Crippen molar-refractivity contribution in [2.45, 2.75) is 13.3 Å². The second-order valence-electron chi connectivity index (χ2n) is 4.12. The molecule has 2 N–H and O–H groups in total. The number of halogens is 2. The minimum Gasteiger partial charge on any atom is -0.465 e. The molecule has 2 aromatic rings. The number of esters is 1. The maximum atomic E-state index is 14.0. The van der Waals surface area contributed by atoms with Crippen molar-refractivity contribution in [1.29, 1.82) is 0 Å². The smallest absolute Gasteiger partial charge is 0.350 e. The normalized spacial score (nSPS) is 10.6. The zero-order chi connectivity index (χ0) is 14.9. The molecule has 0 aliphatic heterocycles. The fourth-order valence-corrected chi connectivity index (χ4v) is 3.38. The first-order valence-electron chi connectivity index (χ1n) is 5.94. The van der Waals surface area contributed by atoms with Gasteiger partial charge in [-0.1, -0.05) is 18.5 Å². The number of hydrogen-bond acceptors (Lipinski definition) is 4. The Morgan fingerprint density at radius 1 is 1.50 bits per heavy atom. The van der Waals surface area contributed by atoms with E-state index in [1.54, 1.807) is 0 Å². The summed E-state index contributed by atoms with van der Waals surface area (Å²) in [6, 6.07) is 4.30. The summed E-state index contributed by atoms with van der Waals surface area (Å²) in [6.07, 6.45) is 0.584. The van der Waals surface area contributed by atoms with Gasteiger partial charge in [-0.05, 0) is 30.2 Å². The van der Waals surface area contributed by atoms with Gasteiger partial charge in [0, 0.05) is 15.5 Å². The van der Waals surface area contributed by atoms with E-state index in [0.717, 1.165) is 16.9 Å². The van der Waals surface area contributed by atoms with E-state index in [0.29, 0.717) is 32.4 Å². The fourth-order valence-electron chi connectivity index (χ4n) is 1.96. The van der Waals surface area contributed by atoms with Crippen molar-refractivity contribution in [1.82, 2.24) is 0 Å². The van der Waals surface area contributed by atoms with Gasteiger partial charge in [0.2, 0.25) is 0 Å². The van der Waals surface area contributed by atoms with Crippen LogP contribution in [0.4, 0.5) is 10.1 Å². The summed E-state index contributed by atoms with van der Waals surface area (Å²) in [5, 5.41) is 0.426. The van der Waals surface area contributed by atoms with E-state index < -0.39 is 11.8 Å². The molecule has 0 aliphatic rings. The third-order valence-electron chi connectivity index (χ3n) is 2.95. The van der Waals surface area contributed by atoms with E-state index in [1.807, 2.05) is 6.92 Å². The lowest BCUT2D eigenvalue weighted by molar-refractivity contribution is 0.0607. The second kappa shape index (κ2) is 5.81. The van der Waals surface area contributed by atoms with Crippen LogP contribution >= 0.6 is 22.9 Å². The predicted molar refractivity (Wildman–Crippen MR) is 79.9 cm³/mol. The molecule has 0 saturated carbocycles. The lowest BCUT2D eigenvalue weighted by Crippen LogP contribution is -2.02. The van der Waals surface area contributed by atoms with Crippen LogP contribution in [-0.4, -0.2) is 13.1 Å². The van der Waals surface area contributed by atoms with E-state index in [-0.39, 0.29) is 0 Å². The Kier molecular flexibility index (Phi) is 4.30. The largest absolute Gasteiger partial charge is 0.465 e. The third kappa shape index (κ3) is 2.51. The van der Waals surface area contributed by atoms with Crippen LogP contribution in [0.2, 0.25) is 5.02 Å². The molecule has 2 rings (SSSR count). The number of thiophene rings is 1. The predicted octanol–water partition coefficient (Wildman–Crippen LogP) is 4.14. The SMILES string of the molecule is CCc1c(-c2cc(Cl)ccc2F)sc(C(=O)OC)c1N. The number of nitrogens with two attached hydrogens (primary N) is 1. The molecule has 0 aliphatic carbocycles. The van der Waals surface area contributed by atoms with Crippen molar-refractivity contribution < 1.29 is 13.9 Å². The number of benzene rings is 1. The molecule has 1 aromatic heterocycles. The topological polar surface area (TPSA) is 52.3 Å². The molecule has 106 valence electrons. The van der Waals surface area contributed by atoms with Crippen LogP contribution in [0.25, 0.3) is 10.4 Å². The van der Waals surface area contributed by atoms with Gasteiger partial charge in [-0.2, -0.15) is 0 Å². The van der Waals surface area contributed by atoms with Gasteiger partial charge in [0.15, 0.2) is 0 Å². The maximum Gasteiger partial charge on any atom is 0.350 e. The minimum absolute atomic E-state index is 0.290. The Morgan fingerprint density at radius 2 is 2.20 bits per heavy atom. The third-order valence-corrected chi connectivity index (χ3v) is 4.44. The van der Waals surface area contributed by atoms with E-state index in [2.05, 4.69) is 0 Å². The highest BCUT2D eigenvalue weighted by atomic mass is 35.5. The van der Waals surface area contributed by atoms with E-state index in [4.69, 9.17) is 22.1 Å². The molecular weight excluding hydrogens is 301 g/mol. The van der Waals surface area contributed by atoms with Crippen molar-refractivity contribution in [2.24, 2.45) is 0 Å². The number of rotatable bonds is 3. The van der Waals surface area contributed by atoms with Crippen LogP contribution < -0.4 is 5.73 Å². The number of hydrogen-bond donors (Lipinski definition) is 1. The lowest BCUT2D eigenvalue weighted by atomic mass is 10.1. The standard InChI is InChI=1S/C14H13ClFNO2S/c1-3-8-11(17)13(14(18)19-2)20-12(8)9-6-7(15)4-5-10(9)16/h4-6H,3,17H2,1-2H3. The van der Waals surface area contributed by atoms with Crippen molar-refractivity contribution in [3.63, 3.8) is 0 Å². The molecule has 20 heavy (non-hydrogen) atoms.